The predicted molar refractivity (Wildman–Crippen MR) is 72.6 cm³/mol. The number of carbonyl (C=O) groups is 1. The highest BCUT2D eigenvalue weighted by molar-refractivity contribution is 5.79. The second kappa shape index (κ2) is 6.39. The molecule has 23 heavy (non-hydrogen) atoms. The quantitative estimate of drug-likeness (QED) is 0.814. The molecule has 2 heterocycles. The molecule has 3 rings (SSSR count). The van der Waals surface area contributed by atoms with E-state index in [-0.39, 0.29) is 23.9 Å². The summed E-state index contributed by atoms with van der Waals surface area (Å²) in [6.45, 7) is 0.476. The lowest BCUT2D eigenvalue weighted by molar-refractivity contribution is -0.134. The van der Waals surface area contributed by atoms with Crippen LogP contribution in [0.25, 0.3) is 0 Å². The third-order valence-corrected chi connectivity index (χ3v) is 3.93. The van der Waals surface area contributed by atoms with Gasteiger partial charge in [-0.05, 0) is 25.3 Å². The van der Waals surface area contributed by atoms with Crippen molar-refractivity contribution in [3.63, 3.8) is 0 Å². The van der Waals surface area contributed by atoms with Crippen LogP contribution in [-0.2, 0) is 11.2 Å². The molecule has 2 aromatic rings. The Morgan fingerprint density at radius 1 is 1.22 bits per heavy atom. The number of likely N-dealkylation sites (tertiary alicyclic amines) is 1. The SMILES string of the molecule is O=C(Cc1cc(F)c(F)cc1F)N1CCCCC1c1ncon1. The Morgan fingerprint density at radius 3 is 2.74 bits per heavy atom. The van der Waals surface area contributed by atoms with Crippen molar-refractivity contribution in [1.29, 1.82) is 0 Å². The monoisotopic (exact) mass is 325 g/mol. The number of carbonyl (C=O) groups excluding carboxylic acids is 1. The van der Waals surface area contributed by atoms with E-state index in [1.54, 1.807) is 0 Å². The van der Waals surface area contributed by atoms with Crippen molar-refractivity contribution >= 4 is 5.91 Å². The van der Waals surface area contributed by atoms with Gasteiger partial charge in [0.15, 0.2) is 17.5 Å². The Labute approximate surface area is 130 Å². The number of benzene rings is 1. The van der Waals surface area contributed by atoms with Gasteiger partial charge in [0.25, 0.3) is 0 Å². The van der Waals surface area contributed by atoms with Crippen molar-refractivity contribution in [2.75, 3.05) is 6.54 Å². The van der Waals surface area contributed by atoms with E-state index in [4.69, 9.17) is 4.52 Å². The third kappa shape index (κ3) is 3.20. The summed E-state index contributed by atoms with van der Waals surface area (Å²) in [7, 11) is 0. The maximum absolute atomic E-state index is 13.7. The molecule has 8 heteroatoms. The average Bonchev–Trinajstić information content (AvgIpc) is 3.07. The van der Waals surface area contributed by atoms with E-state index in [1.807, 2.05) is 0 Å². The van der Waals surface area contributed by atoms with Gasteiger partial charge < -0.3 is 9.42 Å². The Balaban J connectivity index is 1.80. The fraction of sp³-hybridized carbons (Fsp3) is 0.400. The summed E-state index contributed by atoms with van der Waals surface area (Å²) >= 11 is 0. The molecule has 1 aliphatic rings. The van der Waals surface area contributed by atoms with Crippen molar-refractivity contribution in [1.82, 2.24) is 15.0 Å². The van der Waals surface area contributed by atoms with Crippen LogP contribution in [0.3, 0.4) is 0 Å². The van der Waals surface area contributed by atoms with E-state index in [1.165, 1.54) is 11.3 Å². The Morgan fingerprint density at radius 2 is 2.00 bits per heavy atom. The van der Waals surface area contributed by atoms with Crippen LogP contribution >= 0.6 is 0 Å². The first-order valence-corrected chi connectivity index (χ1v) is 7.25. The fourth-order valence-electron chi connectivity index (χ4n) is 2.79. The highest BCUT2D eigenvalue weighted by Gasteiger charge is 2.31. The van der Waals surface area contributed by atoms with Crippen molar-refractivity contribution in [2.24, 2.45) is 0 Å². The Bertz CT molecular complexity index is 706. The summed E-state index contributed by atoms with van der Waals surface area (Å²) in [4.78, 5) is 18.0. The largest absolute Gasteiger partial charge is 0.343 e. The minimum atomic E-state index is -1.28. The number of hydrogen-bond donors (Lipinski definition) is 0. The summed E-state index contributed by atoms with van der Waals surface area (Å²) in [6, 6.07) is 0.823. The molecular formula is C15H14F3N3O2. The number of nitrogens with zero attached hydrogens (tertiary/aromatic N) is 3. The van der Waals surface area contributed by atoms with Gasteiger partial charge in [-0.25, -0.2) is 13.2 Å². The van der Waals surface area contributed by atoms with Crippen LogP contribution in [0, 0.1) is 17.5 Å². The molecule has 1 aromatic carbocycles. The lowest BCUT2D eigenvalue weighted by Gasteiger charge is -2.34. The van der Waals surface area contributed by atoms with Crippen LogP contribution in [-0.4, -0.2) is 27.5 Å². The zero-order chi connectivity index (χ0) is 16.4. The molecule has 1 aliphatic heterocycles. The van der Waals surface area contributed by atoms with E-state index < -0.39 is 17.5 Å². The molecule has 0 spiro atoms. The molecule has 1 amide bonds. The van der Waals surface area contributed by atoms with Crippen LogP contribution in [0.1, 0.15) is 36.7 Å². The first-order valence-electron chi connectivity index (χ1n) is 7.25. The van der Waals surface area contributed by atoms with Gasteiger partial charge in [-0.1, -0.05) is 5.16 Å². The minimum absolute atomic E-state index is 0.175. The van der Waals surface area contributed by atoms with E-state index in [2.05, 4.69) is 10.1 Å². The van der Waals surface area contributed by atoms with Gasteiger partial charge in [-0.15, -0.1) is 0 Å². The molecular weight excluding hydrogens is 311 g/mol. The number of halogens is 3. The van der Waals surface area contributed by atoms with Crippen LogP contribution in [0.2, 0.25) is 0 Å². The summed E-state index contributed by atoms with van der Waals surface area (Å²) in [5, 5.41) is 3.76. The van der Waals surface area contributed by atoms with Crippen LogP contribution in [0.15, 0.2) is 23.0 Å². The molecule has 1 saturated heterocycles. The van der Waals surface area contributed by atoms with E-state index in [9.17, 15) is 18.0 Å². The topological polar surface area (TPSA) is 59.2 Å². The van der Waals surface area contributed by atoms with Crippen LogP contribution < -0.4 is 0 Å². The first kappa shape index (κ1) is 15.5. The normalized spacial score (nSPS) is 18.2. The van der Waals surface area contributed by atoms with Crippen molar-refractivity contribution in [3.05, 3.63) is 47.4 Å². The van der Waals surface area contributed by atoms with Gasteiger partial charge in [-0.2, -0.15) is 4.98 Å². The highest BCUT2D eigenvalue weighted by Crippen LogP contribution is 2.29. The molecule has 1 aromatic heterocycles. The van der Waals surface area contributed by atoms with E-state index >= 15 is 0 Å². The van der Waals surface area contributed by atoms with Crippen LogP contribution in [0.4, 0.5) is 13.2 Å². The smallest absolute Gasteiger partial charge is 0.227 e. The summed E-state index contributed by atoms with van der Waals surface area (Å²) in [6.07, 6.45) is 3.22. The van der Waals surface area contributed by atoms with Crippen molar-refractivity contribution in [3.8, 4) is 0 Å². The van der Waals surface area contributed by atoms with Crippen LogP contribution in [0.5, 0.6) is 0 Å². The lowest BCUT2D eigenvalue weighted by Crippen LogP contribution is -2.40. The Hall–Kier alpha value is -2.38. The molecule has 0 bridgehead atoms. The molecule has 1 atom stereocenters. The standard InChI is InChI=1S/C15H14F3N3O2/c16-10-7-12(18)11(17)5-9(10)6-14(22)21-4-2-1-3-13(21)15-19-8-23-20-15/h5,7-8,13H,1-4,6H2. The number of piperidine rings is 1. The molecule has 0 N–H and O–H groups in total. The summed E-state index contributed by atoms with van der Waals surface area (Å²) in [5.74, 6) is -3.39. The highest BCUT2D eigenvalue weighted by atomic mass is 19.2. The second-order valence-electron chi connectivity index (χ2n) is 5.42. The molecule has 0 saturated carbocycles. The maximum atomic E-state index is 13.7. The van der Waals surface area contributed by atoms with Crippen molar-refractivity contribution in [2.45, 2.75) is 31.7 Å². The van der Waals surface area contributed by atoms with E-state index in [0.29, 0.717) is 24.9 Å². The zero-order valence-corrected chi connectivity index (χ0v) is 12.1. The van der Waals surface area contributed by atoms with Gasteiger partial charge in [0.05, 0.1) is 12.5 Å². The zero-order valence-electron chi connectivity index (χ0n) is 12.1. The van der Waals surface area contributed by atoms with E-state index in [0.717, 1.165) is 18.9 Å². The third-order valence-electron chi connectivity index (χ3n) is 3.93. The molecule has 1 fully saturated rings. The second-order valence-corrected chi connectivity index (χ2v) is 5.42. The lowest BCUT2D eigenvalue weighted by atomic mass is 10.00. The number of amides is 1. The fourth-order valence-corrected chi connectivity index (χ4v) is 2.79. The Kier molecular flexibility index (Phi) is 4.31. The number of aromatic nitrogens is 2. The maximum Gasteiger partial charge on any atom is 0.227 e. The van der Waals surface area contributed by atoms with Gasteiger partial charge >= 0.3 is 0 Å². The average molecular weight is 325 g/mol. The molecule has 0 radical (unpaired) electrons. The summed E-state index contributed by atoms with van der Waals surface area (Å²) in [5.41, 5.74) is -0.175. The molecule has 5 nitrogen and oxygen atoms in total. The summed E-state index contributed by atoms with van der Waals surface area (Å²) < 4.78 is 44.6. The molecule has 1 unspecified atom stereocenters. The van der Waals surface area contributed by atoms with Gasteiger partial charge in [0.2, 0.25) is 12.3 Å². The van der Waals surface area contributed by atoms with Gasteiger partial charge in [0, 0.05) is 18.2 Å². The van der Waals surface area contributed by atoms with Crippen molar-refractivity contribution < 1.29 is 22.5 Å². The number of hydrogen-bond acceptors (Lipinski definition) is 4. The minimum Gasteiger partial charge on any atom is -0.343 e. The number of rotatable bonds is 3. The first-order chi connectivity index (χ1) is 11.1. The van der Waals surface area contributed by atoms with Gasteiger partial charge in [0.1, 0.15) is 5.82 Å². The molecule has 122 valence electrons. The van der Waals surface area contributed by atoms with Gasteiger partial charge in [-0.3, -0.25) is 4.79 Å². The molecule has 0 aliphatic carbocycles. The predicted octanol–water partition coefficient (Wildman–Crippen LogP) is 2.78.